The second-order valence-electron chi connectivity index (χ2n) is 3.13. The van der Waals surface area contributed by atoms with Crippen LogP contribution in [0.1, 0.15) is 5.56 Å². The molecule has 0 aliphatic carbocycles. The number of ether oxygens (including phenoxy) is 1. The van der Waals surface area contributed by atoms with Gasteiger partial charge < -0.3 is 10.1 Å². The highest BCUT2D eigenvalue weighted by atomic mass is 16.5. The lowest BCUT2D eigenvalue weighted by Gasteiger charge is -2.05. The van der Waals surface area contributed by atoms with Gasteiger partial charge in [0.25, 0.3) is 0 Å². The van der Waals surface area contributed by atoms with Crippen LogP contribution in [-0.4, -0.2) is 26.2 Å². The van der Waals surface area contributed by atoms with E-state index in [-0.39, 0.29) is 19.1 Å². The Balaban J connectivity index is 2.52. The average molecular weight is 208 g/mol. The predicted molar refractivity (Wildman–Crippen MR) is 56.2 cm³/mol. The van der Waals surface area contributed by atoms with Crippen molar-refractivity contribution in [3.05, 3.63) is 29.8 Å². The number of amides is 1. The van der Waals surface area contributed by atoms with Crippen LogP contribution in [0.2, 0.25) is 0 Å². The fraction of sp³-hybridized carbons (Fsp3) is 0.364. The summed E-state index contributed by atoms with van der Waals surface area (Å²) in [6, 6.07) is 7.22. The fourth-order valence-electron chi connectivity index (χ4n) is 1.20. The molecule has 0 fully saturated rings. The van der Waals surface area contributed by atoms with Crippen LogP contribution in [0, 0.1) is 0 Å². The quantitative estimate of drug-likeness (QED) is 0.791. The molecule has 0 atom stereocenters. The number of rotatable bonds is 5. The number of hydrogen-bond acceptors (Lipinski definition) is 2. The molecule has 1 aromatic rings. The van der Waals surface area contributed by atoms with Crippen LogP contribution in [0.5, 0.6) is 0 Å². The van der Waals surface area contributed by atoms with E-state index < -0.39 is 0 Å². The van der Waals surface area contributed by atoms with Gasteiger partial charge in [0, 0.05) is 12.8 Å². The Morgan fingerprint density at radius 1 is 1.33 bits per heavy atom. The van der Waals surface area contributed by atoms with Crippen LogP contribution >= 0.6 is 0 Å². The van der Waals surface area contributed by atoms with Gasteiger partial charge >= 0.3 is 0 Å². The van der Waals surface area contributed by atoms with Crippen molar-refractivity contribution in [2.45, 2.75) is 6.42 Å². The van der Waals surface area contributed by atoms with Gasteiger partial charge in [0.05, 0.1) is 6.61 Å². The minimum absolute atomic E-state index is 0.0440. The molecule has 81 valence electrons. The zero-order valence-electron chi connectivity index (χ0n) is 8.66. The predicted octanol–water partition coefficient (Wildman–Crippen LogP) is 1.24. The van der Waals surface area contributed by atoms with Gasteiger partial charge in [-0.2, -0.15) is 0 Å². The summed E-state index contributed by atoms with van der Waals surface area (Å²) in [7, 11) is 1.47. The van der Waals surface area contributed by atoms with Crippen molar-refractivity contribution in [3.8, 4) is 0 Å². The summed E-state index contributed by atoms with van der Waals surface area (Å²) >= 11 is 0. The highest BCUT2D eigenvalue weighted by Crippen LogP contribution is 2.09. The number of benzene rings is 1. The van der Waals surface area contributed by atoms with Gasteiger partial charge in [0.15, 0.2) is 0 Å². The molecule has 0 unspecified atom stereocenters. The molecule has 0 heterocycles. The van der Waals surface area contributed by atoms with E-state index in [0.29, 0.717) is 12.1 Å². The Bertz CT molecular complexity index is 308. The zero-order valence-corrected chi connectivity index (χ0v) is 8.66. The van der Waals surface area contributed by atoms with Crippen molar-refractivity contribution in [3.63, 3.8) is 0 Å². The van der Waals surface area contributed by atoms with E-state index in [1.807, 2.05) is 12.1 Å². The van der Waals surface area contributed by atoms with Crippen molar-refractivity contribution in [1.29, 1.82) is 0 Å². The van der Waals surface area contributed by atoms with E-state index in [1.165, 1.54) is 7.11 Å². The highest BCUT2D eigenvalue weighted by molar-refractivity contribution is 5.91. The molecule has 0 aliphatic rings. The molecule has 0 aromatic heterocycles. The zero-order chi connectivity index (χ0) is 11.1. The maximum absolute atomic E-state index is 11.1. The molecule has 0 saturated carbocycles. The Morgan fingerprint density at radius 3 is 2.53 bits per heavy atom. The molecule has 0 bridgehead atoms. The van der Waals surface area contributed by atoms with Gasteiger partial charge in [-0.1, -0.05) is 12.1 Å². The average Bonchev–Trinajstić information content (AvgIpc) is 2.22. The molecule has 1 aromatic carbocycles. The molecular formula is C11H14NO3. The number of methoxy groups -OCH3 is 1. The molecule has 1 radical (unpaired) electrons. The SMILES string of the molecule is COCC(=O)Nc1ccc(CC[O])cc1. The minimum Gasteiger partial charge on any atom is -0.375 e. The molecule has 1 N–H and O–H groups in total. The first-order chi connectivity index (χ1) is 7.26. The van der Waals surface area contributed by atoms with Crippen LogP contribution in [0.4, 0.5) is 5.69 Å². The van der Waals surface area contributed by atoms with Crippen molar-refractivity contribution in [2.24, 2.45) is 0 Å². The monoisotopic (exact) mass is 208 g/mol. The van der Waals surface area contributed by atoms with Crippen molar-refractivity contribution in [1.82, 2.24) is 0 Å². The van der Waals surface area contributed by atoms with Gasteiger partial charge in [0.2, 0.25) is 5.91 Å². The second-order valence-corrected chi connectivity index (χ2v) is 3.13. The lowest BCUT2D eigenvalue weighted by molar-refractivity contribution is -0.119. The summed E-state index contributed by atoms with van der Waals surface area (Å²) in [5, 5.41) is 13.0. The van der Waals surface area contributed by atoms with Crippen LogP contribution in [0.25, 0.3) is 0 Å². The van der Waals surface area contributed by atoms with E-state index in [4.69, 9.17) is 0 Å². The summed E-state index contributed by atoms with van der Waals surface area (Å²) in [4.78, 5) is 11.1. The first-order valence-corrected chi connectivity index (χ1v) is 4.72. The molecule has 0 spiro atoms. The Morgan fingerprint density at radius 2 is 2.00 bits per heavy atom. The van der Waals surface area contributed by atoms with Crippen LogP contribution in [-0.2, 0) is 21.1 Å². The summed E-state index contributed by atoms with van der Waals surface area (Å²) in [5.41, 5.74) is 1.70. The van der Waals surface area contributed by atoms with E-state index >= 15 is 0 Å². The van der Waals surface area contributed by atoms with Crippen molar-refractivity contribution < 1.29 is 14.6 Å². The maximum atomic E-state index is 11.1. The third kappa shape index (κ3) is 4.10. The van der Waals surface area contributed by atoms with E-state index in [1.54, 1.807) is 12.1 Å². The fourth-order valence-corrected chi connectivity index (χ4v) is 1.20. The third-order valence-electron chi connectivity index (χ3n) is 1.90. The number of hydrogen-bond donors (Lipinski definition) is 1. The summed E-state index contributed by atoms with van der Waals surface area (Å²) < 4.78 is 4.68. The lowest BCUT2D eigenvalue weighted by Crippen LogP contribution is -2.16. The summed E-state index contributed by atoms with van der Waals surface area (Å²) in [5.74, 6) is -0.186. The molecule has 0 saturated heterocycles. The van der Waals surface area contributed by atoms with Crippen LogP contribution in [0.3, 0.4) is 0 Å². The lowest BCUT2D eigenvalue weighted by atomic mass is 10.1. The first-order valence-electron chi connectivity index (χ1n) is 4.72. The van der Waals surface area contributed by atoms with Crippen molar-refractivity contribution >= 4 is 11.6 Å². The molecule has 0 aliphatic heterocycles. The molecule has 4 nitrogen and oxygen atoms in total. The second kappa shape index (κ2) is 6.16. The van der Waals surface area contributed by atoms with Crippen LogP contribution < -0.4 is 5.32 Å². The van der Waals surface area contributed by atoms with Crippen LogP contribution in [0.15, 0.2) is 24.3 Å². The normalized spacial score (nSPS) is 10.0. The topological polar surface area (TPSA) is 58.2 Å². The van der Waals surface area contributed by atoms with E-state index in [2.05, 4.69) is 10.1 Å². The van der Waals surface area contributed by atoms with Gasteiger partial charge in [-0.05, 0) is 24.1 Å². The van der Waals surface area contributed by atoms with Crippen molar-refractivity contribution in [2.75, 3.05) is 25.6 Å². The maximum Gasteiger partial charge on any atom is 0.250 e. The highest BCUT2D eigenvalue weighted by Gasteiger charge is 2.00. The van der Waals surface area contributed by atoms with E-state index in [9.17, 15) is 9.90 Å². The summed E-state index contributed by atoms with van der Waals surface area (Å²) in [6.07, 6.45) is 0.520. The smallest absolute Gasteiger partial charge is 0.250 e. The molecule has 4 heteroatoms. The number of nitrogens with one attached hydrogen (secondary N) is 1. The Hall–Kier alpha value is -1.39. The van der Waals surface area contributed by atoms with E-state index in [0.717, 1.165) is 5.56 Å². The first kappa shape index (κ1) is 11.7. The number of carbonyl (C=O) groups excluding carboxylic acids is 1. The summed E-state index contributed by atoms with van der Waals surface area (Å²) in [6.45, 7) is -0.0717. The van der Waals surface area contributed by atoms with Gasteiger partial charge in [0.1, 0.15) is 6.61 Å². The molecular weight excluding hydrogens is 194 g/mol. The Labute approximate surface area is 88.9 Å². The van der Waals surface area contributed by atoms with Gasteiger partial charge in [-0.25, -0.2) is 5.11 Å². The standard InChI is InChI=1S/C11H14NO3/c1-15-8-11(14)12-10-4-2-9(3-5-10)6-7-13/h2-5H,6-8H2,1H3,(H,12,14). The number of anilines is 1. The molecule has 15 heavy (non-hydrogen) atoms. The van der Waals surface area contributed by atoms with Gasteiger partial charge in [-0.15, -0.1) is 0 Å². The van der Waals surface area contributed by atoms with Gasteiger partial charge in [-0.3, -0.25) is 4.79 Å². The molecule has 1 amide bonds. The molecule has 1 rings (SSSR count). The number of carbonyl (C=O) groups is 1. The minimum atomic E-state index is -0.186. The Kier molecular flexibility index (Phi) is 4.80. The largest absolute Gasteiger partial charge is 0.375 e. The third-order valence-corrected chi connectivity index (χ3v) is 1.90.